The molecule has 24 heavy (non-hydrogen) atoms. The fourth-order valence-electron chi connectivity index (χ4n) is 2.20. The molecule has 1 unspecified atom stereocenters. The zero-order valence-corrected chi connectivity index (χ0v) is 15.5. The largest absolute Gasteiger partial charge is 0.354 e. The Hall–Kier alpha value is -1.49. The maximum absolute atomic E-state index is 12.6. The van der Waals surface area contributed by atoms with E-state index in [-0.39, 0.29) is 23.6 Å². The second-order valence-corrected chi connectivity index (χ2v) is 6.44. The minimum Gasteiger partial charge on any atom is -0.354 e. The number of nitrogens with one attached hydrogen (secondary N) is 2. The lowest BCUT2D eigenvalue weighted by molar-refractivity contribution is -0.120. The lowest BCUT2D eigenvalue weighted by atomic mass is 10.1. The second-order valence-electron chi connectivity index (χ2n) is 5.26. The molecular weight excluding hydrogens is 340 g/mol. The van der Waals surface area contributed by atoms with Gasteiger partial charge < -0.3 is 10.6 Å². The molecule has 0 saturated carbocycles. The van der Waals surface area contributed by atoms with Crippen LogP contribution in [0.15, 0.2) is 65.6 Å². The van der Waals surface area contributed by atoms with E-state index in [2.05, 4.69) is 17.6 Å². The topological polar surface area (TPSA) is 41.1 Å². The van der Waals surface area contributed by atoms with Crippen molar-refractivity contribution in [2.24, 2.45) is 0 Å². The van der Waals surface area contributed by atoms with Gasteiger partial charge in [-0.05, 0) is 30.7 Å². The van der Waals surface area contributed by atoms with Gasteiger partial charge in [0.05, 0.1) is 0 Å². The summed E-state index contributed by atoms with van der Waals surface area (Å²) >= 11 is 1.59. The van der Waals surface area contributed by atoms with Crippen molar-refractivity contribution in [3.05, 3.63) is 66.2 Å². The number of halogens is 1. The van der Waals surface area contributed by atoms with E-state index >= 15 is 0 Å². The van der Waals surface area contributed by atoms with Gasteiger partial charge in [-0.2, -0.15) is 0 Å². The second kappa shape index (κ2) is 12.0. The van der Waals surface area contributed by atoms with Gasteiger partial charge in [0.1, 0.15) is 5.25 Å². The molecule has 2 N–H and O–H groups in total. The molecule has 2 aromatic carbocycles. The standard InChI is InChI=1S/C19H24N2OS.ClH/c1-2-13-20-14-15-21-19(22)18(16-9-5-3-6-10-16)23-17-11-7-4-8-12-17;/h3-12,18,20H,2,13-15H2,1H3,(H,21,22);1H. The Kier molecular flexibility index (Phi) is 10.2. The van der Waals surface area contributed by atoms with Crippen LogP contribution >= 0.6 is 24.2 Å². The van der Waals surface area contributed by atoms with Crippen LogP contribution in [-0.2, 0) is 4.79 Å². The third kappa shape index (κ3) is 6.95. The average molecular weight is 365 g/mol. The third-order valence-corrected chi connectivity index (χ3v) is 4.63. The number of hydrogen-bond acceptors (Lipinski definition) is 3. The molecule has 0 bridgehead atoms. The Morgan fingerprint density at radius 1 is 0.958 bits per heavy atom. The number of benzene rings is 2. The van der Waals surface area contributed by atoms with Gasteiger partial charge in [0.2, 0.25) is 5.91 Å². The summed E-state index contributed by atoms with van der Waals surface area (Å²) in [5.74, 6) is 0.0587. The van der Waals surface area contributed by atoms with Crippen molar-refractivity contribution < 1.29 is 4.79 Å². The zero-order chi connectivity index (χ0) is 16.3. The first-order valence-electron chi connectivity index (χ1n) is 8.06. The zero-order valence-electron chi connectivity index (χ0n) is 13.9. The van der Waals surface area contributed by atoms with Gasteiger partial charge in [-0.3, -0.25) is 4.79 Å². The Labute approximate surface area is 155 Å². The fourth-order valence-corrected chi connectivity index (χ4v) is 3.27. The summed E-state index contributed by atoms with van der Waals surface area (Å²) in [5.41, 5.74) is 1.03. The van der Waals surface area contributed by atoms with Gasteiger partial charge in [-0.25, -0.2) is 0 Å². The van der Waals surface area contributed by atoms with E-state index in [9.17, 15) is 4.79 Å². The predicted octanol–water partition coefficient (Wildman–Crippen LogP) is 4.06. The fraction of sp³-hybridized carbons (Fsp3) is 0.316. The van der Waals surface area contributed by atoms with Crippen molar-refractivity contribution in [2.75, 3.05) is 19.6 Å². The Balaban J connectivity index is 0.00000288. The maximum Gasteiger partial charge on any atom is 0.238 e. The Bertz CT molecular complexity index is 580. The SMILES string of the molecule is CCCNCCNC(=O)C(Sc1ccccc1)c1ccccc1.Cl. The quantitative estimate of drug-likeness (QED) is 0.520. The molecule has 1 amide bonds. The van der Waals surface area contributed by atoms with E-state index in [1.807, 2.05) is 60.7 Å². The molecule has 5 heteroatoms. The van der Waals surface area contributed by atoms with Gasteiger partial charge in [-0.15, -0.1) is 24.2 Å². The molecule has 0 saturated heterocycles. The van der Waals surface area contributed by atoms with Crippen molar-refractivity contribution in [3.8, 4) is 0 Å². The predicted molar refractivity (Wildman–Crippen MR) is 105 cm³/mol. The normalized spacial score (nSPS) is 11.4. The first-order chi connectivity index (χ1) is 11.3. The number of thioether (sulfide) groups is 1. The van der Waals surface area contributed by atoms with Crippen LogP contribution in [0.25, 0.3) is 0 Å². The van der Waals surface area contributed by atoms with Crippen LogP contribution in [0.1, 0.15) is 24.2 Å². The summed E-state index contributed by atoms with van der Waals surface area (Å²) in [6, 6.07) is 20.0. The molecule has 2 rings (SSSR count). The summed E-state index contributed by atoms with van der Waals surface area (Å²) < 4.78 is 0. The van der Waals surface area contributed by atoms with Crippen LogP contribution in [0.2, 0.25) is 0 Å². The number of hydrogen-bond donors (Lipinski definition) is 2. The van der Waals surface area contributed by atoms with Gasteiger partial charge in [-0.1, -0.05) is 55.5 Å². The molecule has 0 aliphatic heterocycles. The van der Waals surface area contributed by atoms with Crippen LogP contribution < -0.4 is 10.6 Å². The molecule has 0 spiro atoms. The van der Waals surface area contributed by atoms with Crippen molar-refractivity contribution in [1.82, 2.24) is 10.6 Å². The summed E-state index contributed by atoms with van der Waals surface area (Å²) in [4.78, 5) is 13.7. The van der Waals surface area contributed by atoms with Crippen LogP contribution in [0.5, 0.6) is 0 Å². The lowest BCUT2D eigenvalue weighted by Crippen LogP contribution is -2.34. The minimum absolute atomic E-state index is 0. The molecule has 0 fully saturated rings. The first-order valence-corrected chi connectivity index (χ1v) is 8.94. The molecule has 0 aliphatic carbocycles. The highest BCUT2D eigenvalue weighted by atomic mass is 35.5. The van der Waals surface area contributed by atoms with E-state index in [0.717, 1.165) is 30.0 Å². The van der Waals surface area contributed by atoms with Gasteiger partial charge in [0, 0.05) is 18.0 Å². The number of carbonyl (C=O) groups excluding carboxylic acids is 1. The van der Waals surface area contributed by atoms with Gasteiger partial charge in [0.15, 0.2) is 0 Å². The van der Waals surface area contributed by atoms with Crippen molar-refractivity contribution in [1.29, 1.82) is 0 Å². The molecule has 1 atom stereocenters. The van der Waals surface area contributed by atoms with E-state index < -0.39 is 0 Å². The molecule has 0 heterocycles. The average Bonchev–Trinajstić information content (AvgIpc) is 2.61. The summed E-state index contributed by atoms with van der Waals surface area (Å²) in [5, 5.41) is 6.10. The van der Waals surface area contributed by atoms with E-state index in [0.29, 0.717) is 6.54 Å². The smallest absolute Gasteiger partial charge is 0.238 e. The van der Waals surface area contributed by atoms with E-state index in [4.69, 9.17) is 0 Å². The summed E-state index contributed by atoms with van der Waals surface area (Å²) in [6.45, 7) is 4.57. The van der Waals surface area contributed by atoms with Crippen molar-refractivity contribution >= 4 is 30.1 Å². The molecule has 0 radical (unpaired) electrons. The highest BCUT2D eigenvalue weighted by Gasteiger charge is 2.21. The van der Waals surface area contributed by atoms with Gasteiger partial charge >= 0.3 is 0 Å². The van der Waals surface area contributed by atoms with Crippen LogP contribution in [0.4, 0.5) is 0 Å². The van der Waals surface area contributed by atoms with Crippen molar-refractivity contribution in [2.45, 2.75) is 23.5 Å². The van der Waals surface area contributed by atoms with Gasteiger partial charge in [0.25, 0.3) is 0 Å². The number of rotatable bonds is 9. The Morgan fingerprint density at radius 3 is 2.21 bits per heavy atom. The highest BCUT2D eigenvalue weighted by Crippen LogP contribution is 2.35. The highest BCUT2D eigenvalue weighted by molar-refractivity contribution is 8.00. The Morgan fingerprint density at radius 2 is 1.58 bits per heavy atom. The first kappa shape index (κ1) is 20.6. The molecular formula is C19H25ClN2OS. The van der Waals surface area contributed by atoms with Crippen LogP contribution in [0.3, 0.4) is 0 Å². The van der Waals surface area contributed by atoms with Crippen molar-refractivity contribution in [3.63, 3.8) is 0 Å². The lowest BCUT2D eigenvalue weighted by Gasteiger charge is -2.17. The number of amides is 1. The molecule has 2 aromatic rings. The van der Waals surface area contributed by atoms with E-state index in [1.54, 1.807) is 11.8 Å². The molecule has 3 nitrogen and oxygen atoms in total. The molecule has 130 valence electrons. The maximum atomic E-state index is 12.6. The van der Waals surface area contributed by atoms with Crippen LogP contribution in [0, 0.1) is 0 Å². The van der Waals surface area contributed by atoms with E-state index in [1.165, 1.54) is 0 Å². The minimum atomic E-state index is -0.232. The third-order valence-electron chi connectivity index (χ3n) is 3.37. The molecule has 0 aliphatic rings. The number of carbonyl (C=O) groups is 1. The summed E-state index contributed by atoms with van der Waals surface area (Å²) in [6.07, 6.45) is 1.10. The van der Waals surface area contributed by atoms with Crippen LogP contribution in [-0.4, -0.2) is 25.5 Å². The monoisotopic (exact) mass is 364 g/mol. The molecule has 0 aromatic heterocycles. The summed E-state index contributed by atoms with van der Waals surface area (Å²) in [7, 11) is 0.